The summed E-state index contributed by atoms with van der Waals surface area (Å²) in [5.74, 6) is 1.05. The van der Waals surface area contributed by atoms with Gasteiger partial charge in [-0.3, -0.25) is 0 Å². The van der Waals surface area contributed by atoms with Gasteiger partial charge in [0, 0.05) is 5.69 Å². The van der Waals surface area contributed by atoms with Gasteiger partial charge < -0.3 is 16.2 Å². The summed E-state index contributed by atoms with van der Waals surface area (Å²) in [6, 6.07) is 9.36. The van der Waals surface area contributed by atoms with Crippen molar-refractivity contribution >= 4 is 11.4 Å². The van der Waals surface area contributed by atoms with Crippen molar-refractivity contribution in [2.45, 2.75) is 13.8 Å². The molecule has 0 fully saturated rings. The van der Waals surface area contributed by atoms with E-state index in [0.717, 1.165) is 11.3 Å². The highest BCUT2D eigenvalue weighted by Gasteiger charge is 2.12. The van der Waals surface area contributed by atoms with Gasteiger partial charge in [0.25, 0.3) is 0 Å². The molecule has 0 aliphatic heterocycles. The minimum Gasteiger partial charge on any atom is -0.437 e. The fraction of sp³-hybridized carbons (Fsp3) is 0.154. The normalized spacial score (nSPS) is 10.2. The van der Waals surface area contributed by atoms with E-state index < -0.39 is 0 Å². The Morgan fingerprint density at radius 3 is 2.29 bits per heavy atom. The third kappa shape index (κ3) is 2.15. The Morgan fingerprint density at radius 2 is 1.65 bits per heavy atom. The summed E-state index contributed by atoms with van der Waals surface area (Å²) in [5.41, 5.74) is 14.4. The fourth-order valence-corrected chi connectivity index (χ4v) is 1.49. The highest BCUT2D eigenvalue weighted by atomic mass is 16.5. The molecular formula is C13H15N3O. The first kappa shape index (κ1) is 11.3. The fourth-order valence-electron chi connectivity index (χ4n) is 1.49. The molecule has 2 aromatic rings. The van der Waals surface area contributed by atoms with Crippen molar-refractivity contribution in [1.29, 1.82) is 0 Å². The number of nitrogen functional groups attached to an aromatic ring is 2. The number of benzene rings is 1. The molecule has 1 aromatic carbocycles. The Bertz CT molecular complexity index is 538. The van der Waals surface area contributed by atoms with E-state index >= 15 is 0 Å². The molecule has 0 aliphatic carbocycles. The molecule has 0 aliphatic rings. The average Bonchev–Trinajstić information content (AvgIpc) is 2.35. The van der Waals surface area contributed by atoms with Crippen molar-refractivity contribution in [1.82, 2.24) is 4.98 Å². The Labute approximate surface area is 100 Å². The van der Waals surface area contributed by atoms with Crippen molar-refractivity contribution in [3.05, 3.63) is 41.6 Å². The predicted octanol–water partition coefficient (Wildman–Crippen LogP) is 2.66. The lowest BCUT2D eigenvalue weighted by Crippen LogP contribution is -2.04. The Kier molecular flexibility index (Phi) is 2.87. The number of aryl methyl sites for hydroxylation is 1. The van der Waals surface area contributed by atoms with Crippen LogP contribution in [-0.2, 0) is 0 Å². The molecule has 4 N–H and O–H groups in total. The summed E-state index contributed by atoms with van der Waals surface area (Å²) in [5, 5.41) is 0. The number of hydrogen-bond acceptors (Lipinski definition) is 4. The molecule has 0 spiro atoms. The number of aromatic nitrogens is 1. The molecule has 88 valence electrons. The number of pyridine rings is 1. The van der Waals surface area contributed by atoms with E-state index in [4.69, 9.17) is 16.2 Å². The Morgan fingerprint density at radius 1 is 1.00 bits per heavy atom. The van der Waals surface area contributed by atoms with Gasteiger partial charge in [0.1, 0.15) is 11.4 Å². The zero-order valence-corrected chi connectivity index (χ0v) is 9.90. The number of anilines is 2. The van der Waals surface area contributed by atoms with E-state index in [-0.39, 0.29) is 0 Å². The van der Waals surface area contributed by atoms with Gasteiger partial charge >= 0.3 is 0 Å². The minimum absolute atomic E-state index is 0.358. The maximum Gasteiger partial charge on any atom is 0.245 e. The molecule has 1 heterocycles. The predicted molar refractivity (Wildman–Crippen MR) is 69.1 cm³/mol. The molecule has 0 amide bonds. The topological polar surface area (TPSA) is 74.2 Å². The molecule has 0 atom stereocenters. The molecule has 0 bridgehead atoms. The molecule has 4 heteroatoms. The molecule has 0 radical (unpaired) electrons. The van der Waals surface area contributed by atoms with E-state index in [1.165, 1.54) is 0 Å². The Balaban J connectivity index is 2.41. The maximum atomic E-state index is 5.89. The lowest BCUT2D eigenvalue weighted by atomic mass is 10.1. The molecule has 0 saturated carbocycles. The van der Waals surface area contributed by atoms with Gasteiger partial charge in [-0.15, -0.1) is 0 Å². The van der Waals surface area contributed by atoms with Crippen molar-refractivity contribution in [2.75, 3.05) is 11.5 Å². The number of ether oxygens (including phenoxy) is 1. The van der Waals surface area contributed by atoms with Crippen LogP contribution < -0.4 is 16.2 Å². The summed E-state index contributed by atoms with van der Waals surface area (Å²) in [6.45, 7) is 3.77. The van der Waals surface area contributed by atoms with Gasteiger partial charge in [0.05, 0.1) is 5.69 Å². The third-order valence-corrected chi connectivity index (χ3v) is 2.69. The molecule has 17 heavy (non-hydrogen) atoms. The SMILES string of the molecule is Cc1nc(Oc2ccccc2)c(N)c(N)c1C. The molecule has 1 aromatic heterocycles. The molecule has 0 saturated heterocycles. The van der Waals surface area contributed by atoms with E-state index in [0.29, 0.717) is 23.0 Å². The Hall–Kier alpha value is -2.23. The van der Waals surface area contributed by atoms with Crippen LogP contribution in [0.2, 0.25) is 0 Å². The zero-order chi connectivity index (χ0) is 12.4. The van der Waals surface area contributed by atoms with Crippen molar-refractivity contribution in [3.63, 3.8) is 0 Å². The molecule has 2 rings (SSSR count). The van der Waals surface area contributed by atoms with Crippen LogP contribution >= 0.6 is 0 Å². The second-order valence-electron chi connectivity index (χ2n) is 3.87. The summed E-state index contributed by atoms with van der Waals surface area (Å²) in [6.07, 6.45) is 0. The van der Waals surface area contributed by atoms with Gasteiger partial charge in [-0.05, 0) is 31.5 Å². The summed E-state index contributed by atoms with van der Waals surface area (Å²) in [4.78, 5) is 4.30. The molecule has 4 nitrogen and oxygen atoms in total. The van der Waals surface area contributed by atoms with E-state index in [9.17, 15) is 0 Å². The van der Waals surface area contributed by atoms with E-state index in [1.807, 2.05) is 44.2 Å². The maximum absolute atomic E-state index is 5.89. The van der Waals surface area contributed by atoms with Crippen LogP contribution in [0.15, 0.2) is 30.3 Å². The van der Waals surface area contributed by atoms with E-state index in [1.54, 1.807) is 0 Å². The first-order chi connectivity index (χ1) is 8.09. The lowest BCUT2D eigenvalue weighted by Gasteiger charge is -2.12. The number of hydrogen-bond donors (Lipinski definition) is 2. The van der Waals surface area contributed by atoms with Crippen LogP contribution in [-0.4, -0.2) is 4.98 Å². The number of nitrogens with two attached hydrogens (primary N) is 2. The number of para-hydroxylation sites is 1. The van der Waals surface area contributed by atoms with Crippen LogP contribution in [0.25, 0.3) is 0 Å². The lowest BCUT2D eigenvalue weighted by molar-refractivity contribution is 0.464. The van der Waals surface area contributed by atoms with Crippen LogP contribution in [0.5, 0.6) is 11.6 Å². The summed E-state index contributed by atoms with van der Waals surface area (Å²) in [7, 11) is 0. The first-order valence-electron chi connectivity index (χ1n) is 5.34. The van der Waals surface area contributed by atoms with Gasteiger partial charge in [0.15, 0.2) is 0 Å². The van der Waals surface area contributed by atoms with Gasteiger partial charge in [-0.1, -0.05) is 18.2 Å². The van der Waals surface area contributed by atoms with Crippen LogP contribution in [0.3, 0.4) is 0 Å². The quantitative estimate of drug-likeness (QED) is 0.830. The zero-order valence-electron chi connectivity index (χ0n) is 9.90. The van der Waals surface area contributed by atoms with Crippen LogP contribution in [0.4, 0.5) is 11.4 Å². The van der Waals surface area contributed by atoms with Crippen LogP contribution in [0, 0.1) is 13.8 Å². The monoisotopic (exact) mass is 229 g/mol. The standard InChI is InChI=1S/C13H15N3O/c1-8-9(2)16-13(12(15)11(8)14)17-10-6-4-3-5-7-10/h3-7H,15H2,1-2H3,(H2,14,16). The van der Waals surface area contributed by atoms with Gasteiger partial charge in [-0.2, -0.15) is 0 Å². The first-order valence-corrected chi connectivity index (χ1v) is 5.34. The van der Waals surface area contributed by atoms with Crippen molar-refractivity contribution < 1.29 is 4.74 Å². The largest absolute Gasteiger partial charge is 0.437 e. The third-order valence-electron chi connectivity index (χ3n) is 2.69. The number of nitrogens with zero attached hydrogens (tertiary/aromatic N) is 1. The highest BCUT2D eigenvalue weighted by Crippen LogP contribution is 2.32. The second-order valence-corrected chi connectivity index (χ2v) is 3.87. The van der Waals surface area contributed by atoms with Crippen molar-refractivity contribution in [2.24, 2.45) is 0 Å². The minimum atomic E-state index is 0.358. The molecular weight excluding hydrogens is 214 g/mol. The summed E-state index contributed by atoms with van der Waals surface area (Å²) < 4.78 is 5.61. The second kappa shape index (κ2) is 4.33. The number of rotatable bonds is 2. The van der Waals surface area contributed by atoms with Crippen molar-refractivity contribution in [3.8, 4) is 11.6 Å². The average molecular weight is 229 g/mol. The molecule has 0 unspecified atom stereocenters. The highest BCUT2D eigenvalue weighted by molar-refractivity contribution is 5.73. The summed E-state index contributed by atoms with van der Waals surface area (Å²) >= 11 is 0. The van der Waals surface area contributed by atoms with Gasteiger partial charge in [0.2, 0.25) is 5.88 Å². The smallest absolute Gasteiger partial charge is 0.245 e. The van der Waals surface area contributed by atoms with E-state index in [2.05, 4.69) is 4.98 Å². The van der Waals surface area contributed by atoms with Gasteiger partial charge in [-0.25, -0.2) is 4.98 Å². The van der Waals surface area contributed by atoms with Crippen LogP contribution in [0.1, 0.15) is 11.3 Å².